The Kier molecular flexibility index (Phi) is 6.55. The minimum atomic E-state index is -4.36. The summed E-state index contributed by atoms with van der Waals surface area (Å²) in [5.41, 5.74) is 0.572. The number of thiazole rings is 1. The van der Waals surface area contributed by atoms with Gasteiger partial charge in [-0.3, -0.25) is 10.1 Å². The number of hydrogen-bond donors (Lipinski definition) is 2. The summed E-state index contributed by atoms with van der Waals surface area (Å²) >= 11 is 1.31. The average molecular weight is 372 g/mol. The second-order valence-corrected chi connectivity index (χ2v) is 6.49. The fraction of sp³-hybridized carbons (Fsp3) is 0.412. The number of carboxylic acids is 1. The van der Waals surface area contributed by atoms with E-state index in [0.29, 0.717) is 29.2 Å². The Labute approximate surface area is 147 Å². The zero-order valence-corrected chi connectivity index (χ0v) is 14.5. The van der Waals surface area contributed by atoms with Gasteiger partial charge in [-0.25, -0.2) is 4.98 Å². The number of nitrogens with zero attached hydrogens (tertiary/aromatic N) is 1. The molecule has 0 saturated carbocycles. The molecule has 25 heavy (non-hydrogen) atoms. The van der Waals surface area contributed by atoms with E-state index in [1.54, 1.807) is 5.38 Å². The van der Waals surface area contributed by atoms with Crippen molar-refractivity contribution in [2.75, 3.05) is 0 Å². The molecule has 2 N–H and O–H groups in total. The molecule has 0 aliphatic heterocycles. The third-order valence-corrected chi connectivity index (χ3v) is 4.63. The zero-order valence-electron chi connectivity index (χ0n) is 13.6. The largest absolute Gasteiger partial charge is 0.480 e. The zero-order chi connectivity index (χ0) is 18.4. The molecule has 0 fully saturated rings. The normalized spacial score (nSPS) is 13.0. The SMILES string of the molecule is CCCC[C@H](NCc1csc(-c2ccc(C(F)(F)F)cc2)n1)C(=O)O. The van der Waals surface area contributed by atoms with Crippen LogP contribution < -0.4 is 5.32 Å². The van der Waals surface area contributed by atoms with E-state index >= 15 is 0 Å². The third kappa shape index (κ3) is 5.54. The molecule has 1 aromatic heterocycles. The van der Waals surface area contributed by atoms with Crippen molar-refractivity contribution in [2.24, 2.45) is 0 Å². The molecule has 1 aromatic carbocycles. The lowest BCUT2D eigenvalue weighted by molar-refractivity contribution is -0.140. The summed E-state index contributed by atoms with van der Waals surface area (Å²) in [6, 6.07) is 4.20. The van der Waals surface area contributed by atoms with Crippen molar-refractivity contribution in [3.05, 3.63) is 40.9 Å². The Morgan fingerprint density at radius 3 is 2.56 bits per heavy atom. The first-order valence-electron chi connectivity index (χ1n) is 7.89. The van der Waals surface area contributed by atoms with Crippen LogP contribution in [0.1, 0.15) is 37.4 Å². The van der Waals surface area contributed by atoms with Crippen LogP contribution in [0.5, 0.6) is 0 Å². The van der Waals surface area contributed by atoms with Gasteiger partial charge in [-0.15, -0.1) is 11.3 Å². The average Bonchev–Trinajstić information content (AvgIpc) is 3.03. The summed E-state index contributed by atoms with van der Waals surface area (Å²) in [5.74, 6) is -0.897. The predicted molar refractivity (Wildman–Crippen MR) is 90.3 cm³/mol. The molecule has 2 aromatic rings. The van der Waals surface area contributed by atoms with Crippen LogP contribution in [0, 0.1) is 0 Å². The van der Waals surface area contributed by atoms with Gasteiger partial charge in [-0.1, -0.05) is 31.9 Å². The van der Waals surface area contributed by atoms with Gasteiger partial charge in [-0.2, -0.15) is 13.2 Å². The van der Waals surface area contributed by atoms with Crippen LogP contribution >= 0.6 is 11.3 Å². The molecule has 0 spiro atoms. The molecule has 0 bridgehead atoms. The van der Waals surface area contributed by atoms with Gasteiger partial charge in [0.15, 0.2) is 0 Å². The van der Waals surface area contributed by atoms with Crippen molar-refractivity contribution in [2.45, 2.75) is 44.9 Å². The monoisotopic (exact) mass is 372 g/mol. The first kappa shape index (κ1) is 19.4. The highest BCUT2D eigenvalue weighted by Gasteiger charge is 2.30. The highest BCUT2D eigenvalue weighted by Crippen LogP contribution is 2.31. The van der Waals surface area contributed by atoms with Gasteiger partial charge in [-0.05, 0) is 18.6 Å². The quantitative estimate of drug-likeness (QED) is 0.713. The predicted octanol–water partition coefficient (Wildman–Crippen LogP) is 4.56. The minimum absolute atomic E-state index is 0.303. The van der Waals surface area contributed by atoms with E-state index in [0.717, 1.165) is 25.0 Å². The maximum absolute atomic E-state index is 12.6. The molecule has 4 nitrogen and oxygen atoms in total. The number of unbranched alkanes of at least 4 members (excludes halogenated alkanes) is 1. The molecule has 0 amide bonds. The molecular formula is C17H19F3N2O2S. The van der Waals surface area contributed by atoms with Crippen LogP contribution in [-0.2, 0) is 17.5 Å². The molecule has 1 atom stereocenters. The number of alkyl halides is 3. The van der Waals surface area contributed by atoms with Crippen molar-refractivity contribution in [3.63, 3.8) is 0 Å². The number of rotatable bonds is 8. The van der Waals surface area contributed by atoms with Crippen molar-refractivity contribution < 1.29 is 23.1 Å². The highest BCUT2D eigenvalue weighted by atomic mass is 32.1. The van der Waals surface area contributed by atoms with E-state index in [1.165, 1.54) is 23.5 Å². The van der Waals surface area contributed by atoms with Crippen molar-refractivity contribution >= 4 is 17.3 Å². The van der Waals surface area contributed by atoms with Gasteiger partial charge in [0.1, 0.15) is 11.0 Å². The Balaban J connectivity index is 2.01. The number of halogens is 3. The second-order valence-electron chi connectivity index (χ2n) is 5.63. The maximum Gasteiger partial charge on any atom is 0.416 e. The molecule has 1 heterocycles. The summed E-state index contributed by atoms with van der Waals surface area (Å²) in [6.45, 7) is 2.30. The lowest BCUT2D eigenvalue weighted by Crippen LogP contribution is -2.36. The van der Waals surface area contributed by atoms with Crippen molar-refractivity contribution in [1.29, 1.82) is 0 Å². The van der Waals surface area contributed by atoms with Gasteiger partial charge in [0.2, 0.25) is 0 Å². The van der Waals surface area contributed by atoms with Crippen molar-refractivity contribution in [1.82, 2.24) is 10.3 Å². The van der Waals surface area contributed by atoms with Crippen LogP contribution in [0.15, 0.2) is 29.6 Å². The smallest absolute Gasteiger partial charge is 0.416 e. The molecule has 0 unspecified atom stereocenters. The number of benzene rings is 1. The molecule has 0 aliphatic rings. The molecule has 136 valence electrons. The van der Waals surface area contributed by atoms with Gasteiger partial charge < -0.3 is 5.11 Å². The highest BCUT2D eigenvalue weighted by molar-refractivity contribution is 7.13. The van der Waals surface area contributed by atoms with Crippen LogP contribution in [0.2, 0.25) is 0 Å². The number of carboxylic acid groups (broad SMARTS) is 1. The van der Waals surface area contributed by atoms with E-state index in [-0.39, 0.29) is 0 Å². The van der Waals surface area contributed by atoms with E-state index in [1.807, 2.05) is 6.92 Å². The number of hydrogen-bond acceptors (Lipinski definition) is 4. The first-order chi connectivity index (χ1) is 11.8. The minimum Gasteiger partial charge on any atom is -0.480 e. The molecule has 0 radical (unpaired) electrons. The van der Waals surface area contributed by atoms with Gasteiger partial charge in [0.05, 0.1) is 11.3 Å². The molecule has 0 aliphatic carbocycles. The first-order valence-corrected chi connectivity index (χ1v) is 8.77. The van der Waals surface area contributed by atoms with E-state index in [4.69, 9.17) is 0 Å². The van der Waals surface area contributed by atoms with Gasteiger partial charge >= 0.3 is 12.1 Å². The second kappa shape index (κ2) is 8.44. The fourth-order valence-electron chi connectivity index (χ4n) is 2.27. The van der Waals surface area contributed by atoms with E-state index < -0.39 is 23.8 Å². The van der Waals surface area contributed by atoms with Crippen LogP contribution in [0.4, 0.5) is 13.2 Å². The molecule has 2 rings (SSSR count). The van der Waals surface area contributed by atoms with Crippen molar-refractivity contribution in [3.8, 4) is 10.6 Å². The Hall–Kier alpha value is -1.93. The summed E-state index contributed by atoms with van der Waals surface area (Å²) < 4.78 is 37.8. The summed E-state index contributed by atoms with van der Waals surface area (Å²) in [7, 11) is 0. The van der Waals surface area contributed by atoms with Crippen LogP contribution in [0.25, 0.3) is 10.6 Å². The number of aliphatic carboxylic acids is 1. The molecule has 0 saturated heterocycles. The Morgan fingerprint density at radius 1 is 1.32 bits per heavy atom. The Morgan fingerprint density at radius 2 is 2.00 bits per heavy atom. The van der Waals surface area contributed by atoms with Crippen LogP contribution in [0.3, 0.4) is 0 Å². The Bertz CT molecular complexity index is 699. The van der Waals surface area contributed by atoms with Gasteiger partial charge in [0, 0.05) is 17.5 Å². The number of aromatic nitrogens is 1. The lowest BCUT2D eigenvalue weighted by Gasteiger charge is -2.12. The third-order valence-electron chi connectivity index (χ3n) is 3.68. The summed E-state index contributed by atoms with van der Waals surface area (Å²) in [6.07, 6.45) is -2.08. The number of carbonyl (C=O) groups is 1. The summed E-state index contributed by atoms with van der Waals surface area (Å²) in [4.78, 5) is 15.6. The standard InChI is InChI=1S/C17H19F3N2O2S/c1-2-3-4-14(16(23)24)21-9-13-10-25-15(22-13)11-5-7-12(8-6-11)17(18,19)20/h5-8,10,14,21H,2-4,9H2,1H3,(H,23,24)/t14-/m0/s1. The van der Waals surface area contributed by atoms with E-state index in [2.05, 4.69) is 10.3 Å². The van der Waals surface area contributed by atoms with Crippen LogP contribution in [-0.4, -0.2) is 22.1 Å². The topological polar surface area (TPSA) is 62.2 Å². The lowest BCUT2D eigenvalue weighted by atomic mass is 10.1. The summed E-state index contributed by atoms with van der Waals surface area (Å²) in [5, 5.41) is 14.5. The fourth-order valence-corrected chi connectivity index (χ4v) is 3.10. The molecule has 8 heteroatoms. The number of nitrogens with one attached hydrogen (secondary N) is 1. The molecular weight excluding hydrogens is 353 g/mol. The maximum atomic E-state index is 12.6. The van der Waals surface area contributed by atoms with E-state index in [9.17, 15) is 23.1 Å². The van der Waals surface area contributed by atoms with Gasteiger partial charge in [0.25, 0.3) is 0 Å².